The van der Waals surface area contributed by atoms with Gasteiger partial charge in [-0.3, -0.25) is 0 Å². The van der Waals surface area contributed by atoms with Gasteiger partial charge in [0.15, 0.2) is 0 Å². The second-order valence-corrected chi connectivity index (χ2v) is 7.20. The number of esters is 1. The predicted octanol–water partition coefficient (Wildman–Crippen LogP) is 4.25. The van der Waals surface area contributed by atoms with Crippen molar-refractivity contribution in [2.45, 2.75) is 6.42 Å². The van der Waals surface area contributed by atoms with Crippen molar-refractivity contribution in [1.82, 2.24) is 0 Å². The molecular weight excluding hydrogens is 298 g/mol. The van der Waals surface area contributed by atoms with Crippen LogP contribution in [0.25, 0.3) is 21.5 Å². The minimum absolute atomic E-state index is 0.232. The maximum Gasteiger partial charge on any atom is 0.339 e. The Hall–Kier alpha value is -2.39. The van der Waals surface area contributed by atoms with Crippen molar-refractivity contribution in [2.75, 3.05) is 34.3 Å². The van der Waals surface area contributed by atoms with Crippen LogP contribution in [0.4, 0.5) is 0 Å². The Morgan fingerprint density at radius 2 is 1.46 bits per heavy atom. The summed E-state index contributed by atoms with van der Waals surface area (Å²) in [6.45, 7) is 1.43. The van der Waals surface area contributed by atoms with Crippen LogP contribution >= 0.6 is 0 Å². The molecule has 3 heteroatoms. The third-order valence-electron chi connectivity index (χ3n) is 4.18. The lowest BCUT2D eigenvalue weighted by molar-refractivity contribution is -0.870. The number of rotatable bonds is 5. The summed E-state index contributed by atoms with van der Waals surface area (Å²) in [5, 5.41) is 4.03. The molecule has 0 aliphatic rings. The Balaban J connectivity index is 1.92. The quantitative estimate of drug-likeness (QED) is 0.304. The van der Waals surface area contributed by atoms with Crippen molar-refractivity contribution in [2.24, 2.45) is 0 Å². The van der Waals surface area contributed by atoms with Crippen LogP contribution in [0, 0.1) is 0 Å². The summed E-state index contributed by atoms with van der Waals surface area (Å²) in [4.78, 5) is 12.8. The van der Waals surface area contributed by atoms with Crippen molar-refractivity contribution in [3.05, 3.63) is 60.2 Å². The van der Waals surface area contributed by atoms with E-state index in [9.17, 15) is 4.79 Å². The molecule has 0 fully saturated rings. The fraction of sp³-hybridized carbons (Fsp3) is 0.286. The molecule has 0 aliphatic carbocycles. The first-order valence-electron chi connectivity index (χ1n) is 8.34. The van der Waals surface area contributed by atoms with Crippen molar-refractivity contribution >= 4 is 27.5 Å². The molecule has 0 spiro atoms. The molecule has 0 saturated heterocycles. The Morgan fingerprint density at radius 3 is 2.00 bits per heavy atom. The van der Waals surface area contributed by atoms with E-state index in [4.69, 9.17) is 4.74 Å². The number of hydrogen-bond donors (Lipinski definition) is 0. The summed E-state index contributed by atoms with van der Waals surface area (Å²) in [7, 11) is 6.42. The van der Waals surface area contributed by atoms with Gasteiger partial charge in [-0.15, -0.1) is 0 Å². The van der Waals surface area contributed by atoms with E-state index in [-0.39, 0.29) is 5.97 Å². The van der Waals surface area contributed by atoms with Crippen LogP contribution in [0.15, 0.2) is 54.6 Å². The van der Waals surface area contributed by atoms with Crippen molar-refractivity contribution in [3.8, 4) is 0 Å². The second-order valence-electron chi connectivity index (χ2n) is 7.20. The normalized spacial score (nSPS) is 11.8. The van der Waals surface area contributed by atoms with E-state index in [1.807, 2.05) is 48.5 Å². The van der Waals surface area contributed by atoms with Gasteiger partial charge in [-0.05, 0) is 27.6 Å². The first kappa shape index (κ1) is 16.5. The zero-order valence-electron chi connectivity index (χ0n) is 14.6. The molecular formula is C21H24NO2+. The first-order valence-corrected chi connectivity index (χ1v) is 8.34. The zero-order chi connectivity index (χ0) is 17.2. The fourth-order valence-corrected chi connectivity index (χ4v) is 3.01. The molecule has 24 heavy (non-hydrogen) atoms. The van der Waals surface area contributed by atoms with Gasteiger partial charge < -0.3 is 9.22 Å². The second kappa shape index (κ2) is 6.62. The largest absolute Gasteiger partial charge is 0.462 e. The summed E-state index contributed by atoms with van der Waals surface area (Å²) in [6, 6.07) is 18.1. The number of carbonyl (C=O) groups is 1. The number of fused-ring (bicyclic) bond motifs is 2. The summed E-state index contributed by atoms with van der Waals surface area (Å²) >= 11 is 0. The predicted molar refractivity (Wildman–Crippen MR) is 99.3 cm³/mol. The molecule has 0 saturated carbocycles. The zero-order valence-corrected chi connectivity index (χ0v) is 14.6. The van der Waals surface area contributed by atoms with Gasteiger partial charge in [-0.25, -0.2) is 4.79 Å². The highest BCUT2D eigenvalue weighted by Crippen LogP contribution is 2.29. The van der Waals surface area contributed by atoms with Crippen LogP contribution in [0.2, 0.25) is 0 Å². The number of quaternary nitrogens is 1. The molecule has 0 amide bonds. The first-order chi connectivity index (χ1) is 11.5. The summed E-state index contributed by atoms with van der Waals surface area (Å²) < 4.78 is 6.46. The van der Waals surface area contributed by atoms with Gasteiger partial charge in [0, 0.05) is 6.42 Å². The average Bonchev–Trinajstić information content (AvgIpc) is 2.55. The average molecular weight is 322 g/mol. The third kappa shape index (κ3) is 3.57. The van der Waals surface area contributed by atoms with Crippen LogP contribution < -0.4 is 0 Å². The standard InChI is InChI=1S/C21H24NO2/c1-22(2,3)13-8-14-24-21(23)20-18-11-6-4-9-16(18)15-17-10-5-7-12-19(17)20/h4-7,9-12,15H,8,13-14H2,1-3H3/q+1. The smallest absolute Gasteiger partial charge is 0.339 e. The van der Waals surface area contributed by atoms with Crippen LogP contribution in [0.3, 0.4) is 0 Å². The van der Waals surface area contributed by atoms with Gasteiger partial charge in [0.1, 0.15) is 0 Å². The number of ether oxygens (including phenoxy) is 1. The molecule has 0 heterocycles. The SMILES string of the molecule is C[N+](C)(C)CCCOC(=O)c1c2ccccc2cc2ccccc12. The Labute approximate surface area is 143 Å². The molecule has 3 aromatic carbocycles. The summed E-state index contributed by atoms with van der Waals surface area (Å²) in [6.07, 6.45) is 0.859. The summed E-state index contributed by atoms with van der Waals surface area (Å²) in [5.41, 5.74) is 0.675. The summed E-state index contributed by atoms with van der Waals surface area (Å²) in [5.74, 6) is -0.232. The van der Waals surface area contributed by atoms with Gasteiger partial charge in [-0.1, -0.05) is 48.5 Å². The highest BCUT2D eigenvalue weighted by atomic mass is 16.5. The maximum atomic E-state index is 12.8. The topological polar surface area (TPSA) is 26.3 Å². The molecule has 3 rings (SSSR count). The molecule has 0 radical (unpaired) electrons. The van der Waals surface area contributed by atoms with Crippen molar-refractivity contribution in [3.63, 3.8) is 0 Å². The number of benzene rings is 3. The van der Waals surface area contributed by atoms with E-state index < -0.39 is 0 Å². The van der Waals surface area contributed by atoms with Crippen LogP contribution in [0.5, 0.6) is 0 Å². The van der Waals surface area contributed by atoms with Gasteiger partial charge in [0.05, 0.1) is 39.9 Å². The molecule has 0 unspecified atom stereocenters. The molecule has 3 nitrogen and oxygen atoms in total. The highest BCUT2D eigenvalue weighted by Gasteiger charge is 2.16. The van der Waals surface area contributed by atoms with E-state index >= 15 is 0 Å². The van der Waals surface area contributed by atoms with E-state index in [0.29, 0.717) is 12.2 Å². The Bertz CT molecular complexity index is 824. The fourth-order valence-electron chi connectivity index (χ4n) is 3.01. The lowest BCUT2D eigenvalue weighted by Gasteiger charge is -2.23. The van der Waals surface area contributed by atoms with Crippen molar-refractivity contribution < 1.29 is 14.0 Å². The number of hydrogen-bond acceptors (Lipinski definition) is 2. The Morgan fingerprint density at radius 1 is 0.917 bits per heavy atom. The molecule has 3 aromatic rings. The number of carbonyl (C=O) groups excluding carboxylic acids is 1. The van der Waals surface area contributed by atoms with E-state index in [1.54, 1.807) is 0 Å². The number of nitrogens with zero attached hydrogens (tertiary/aromatic N) is 1. The van der Waals surface area contributed by atoms with Crippen LogP contribution in [-0.4, -0.2) is 44.7 Å². The highest BCUT2D eigenvalue weighted by molar-refractivity contribution is 6.16. The van der Waals surface area contributed by atoms with Gasteiger partial charge in [-0.2, -0.15) is 0 Å². The van der Waals surface area contributed by atoms with E-state index in [2.05, 4.69) is 27.2 Å². The minimum Gasteiger partial charge on any atom is -0.462 e. The van der Waals surface area contributed by atoms with Crippen LogP contribution in [-0.2, 0) is 4.74 Å². The molecule has 0 atom stereocenters. The lowest BCUT2D eigenvalue weighted by atomic mass is 9.97. The molecule has 0 bridgehead atoms. The molecule has 124 valence electrons. The van der Waals surface area contributed by atoms with E-state index in [1.165, 1.54) is 0 Å². The Kier molecular flexibility index (Phi) is 4.54. The van der Waals surface area contributed by atoms with Crippen molar-refractivity contribution in [1.29, 1.82) is 0 Å². The van der Waals surface area contributed by atoms with Gasteiger partial charge >= 0.3 is 5.97 Å². The maximum absolute atomic E-state index is 12.8. The van der Waals surface area contributed by atoms with Gasteiger partial charge in [0.2, 0.25) is 0 Å². The monoisotopic (exact) mass is 322 g/mol. The molecule has 0 aliphatic heterocycles. The lowest BCUT2D eigenvalue weighted by Crippen LogP contribution is -2.35. The molecule has 0 N–H and O–H groups in total. The van der Waals surface area contributed by atoms with Gasteiger partial charge in [0.25, 0.3) is 0 Å². The minimum atomic E-state index is -0.232. The van der Waals surface area contributed by atoms with E-state index in [0.717, 1.165) is 39.0 Å². The molecule has 0 aromatic heterocycles. The third-order valence-corrected chi connectivity index (χ3v) is 4.18. The van der Waals surface area contributed by atoms with Crippen LogP contribution in [0.1, 0.15) is 16.8 Å².